The molecule has 2 fully saturated rings. The largest absolute Gasteiger partial charge is 0.361 e. The van der Waals surface area contributed by atoms with E-state index in [1.165, 1.54) is 5.56 Å². The number of rotatable bonds is 5. The second kappa shape index (κ2) is 8.53. The van der Waals surface area contributed by atoms with Gasteiger partial charge in [0.2, 0.25) is 0 Å². The van der Waals surface area contributed by atoms with Crippen LogP contribution in [0.15, 0.2) is 73.6 Å². The monoisotopic (exact) mass is 415 g/mol. The summed E-state index contributed by atoms with van der Waals surface area (Å²) in [6, 6.07) is 11.9. The molecule has 2 aliphatic rings. The van der Waals surface area contributed by atoms with Crippen LogP contribution in [0, 0.1) is 0 Å². The minimum atomic E-state index is -0.901. The third-order valence-electron chi connectivity index (χ3n) is 6.20. The van der Waals surface area contributed by atoms with Gasteiger partial charge in [-0.15, -0.1) is 0 Å². The van der Waals surface area contributed by atoms with Crippen LogP contribution < -0.4 is 0 Å². The van der Waals surface area contributed by atoms with Gasteiger partial charge in [-0.2, -0.15) is 0 Å². The number of amides is 1. The molecule has 0 unspecified atom stereocenters. The lowest BCUT2D eigenvalue weighted by Crippen LogP contribution is -2.59. The Labute approximate surface area is 181 Å². The highest BCUT2D eigenvalue weighted by Gasteiger charge is 2.56. The molecule has 5 heterocycles. The standard InChI is InChI=1S/C24H25N5O2/c30-23-24(31-13-12-29(23)16-20-5-10-26-11-6-20)18-28(15-19-3-8-25-9-4-19)17-22(24)21-2-1-7-27-14-21/h1-11,14,22H,12-13,15-18H2/t22-,24+/m0/s1. The molecule has 0 aliphatic carbocycles. The molecule has 158 valence electrons. The summed E-state index contributed by atoms with van der Waals surface area (Å²) in [5, 5.41) is 0. The highest BCUT2D eigenvalue weighted by molar-refractivity contribution is 5.88. The maximum absolute atomic E-state index is 13.9. The van der Waals surface area contributed by atoms with Gasteiger partial charge in [0.1, 0.15) is 0 Å². The molecule has 3 aromatic heterocycles. The summed E-state index contributed by atoms with van der Waals surface area (Å²) in [5.41, 5.74) is 2.39. The van der Waals surface area contributed by atoms with E-state index in [-0.39, 0.29) is 11.8 Å². The Morgan fingerprint density at radius 2 is 1.65 bits per heavy atom. The van der Waals surface area contributed by atoms with E-state index in [9.17, 15) is 4.79 Å². The summed E-state index contributed by atoms with van der Waals surface area (Å²) >= 11 is 0. The molecule has 2 atom stereocenters. The Morgan fingerprint density at radius 3 is 2.32 bits per heavy atom. The van der Waals surface area contributed by atoms with Crippen molar-refractivity contribution < 1.29 is 9.53 Å². The normalized spacial score (nSPS) is 24.1. The Hall–Kier alpha value is -3.16. The minimum absolute atomic E-state index is 0.0571. The molecule has 0 aromatic carbocycles. The summed E-state index contributed by atoms with van der Waals surface area (Å²) in [7, 11) is 0. The highest BCUT2D eigenvalue weighted by Crippen LogP contribution is 2.42. The summed E-state index contributed by atoms with van der Waals surface area (Å²) < 4.78 is 6.36. The van der Waals surface area contributed by atoms with Crippen LogP contribution in [-0.4, -0.2) is 62.5 Å². The van der Waals surface area contributed by atoms with Crippen LogP contribution in [0.5, 0.6) is 0 Å². The van der Waals surface area contributed by atoms with Gasteiger partial charge in [0, 0.05) is 75.8 Å². The van der Waals surface area contributed by atoms with Gasteiger partial charge in [-0.1, -0.05) is 6.07 Å². The zero-order valence-electron chi connectivity index (χ0n) is 17.3. The predicted molar refractivity (Wildman–Crippen MR) is 115 cm³/mol. The van der Waals surface area contributed by atoms with Gasteiger partial charge in [0.05, 0.1) is 6.61 Å². The van der Waals surface area contributed by atoms with Crippen molar-refractivity contribution in [2.24, 2.45) is 0 Å². The average molecular weight is 415 g/mol. The maximum Gasteiger partial charge on any atom is 0.257 e. The number of morpholine rings is 1. The summed E-state index contributed by atoms with van der Waals surface area (Å²) in [6.07, 6.45) is 10.8. The van der Waals surface area contributed by atoms with Gasteiger partial charge in [0.15, 0.2) is 5.60 Å². The number of nitrogens with zero attached hydrogens (tertiary/aromatic N) is 5. The first-order valence-electron chi connectivity index (χ1n) is 10.6. The lowest BCUT2D eigenvalue weighted by molar-refractivity contribution is -0.173. The smallest absolute Gasteiger partial charge is 0.257 e. The van der Waals surface area contributed by atoms with Crippen LogP contribution >= 0.6 is 0 Å². The van der Waals surface area contributed by atoms with Crippen molar-refractivity contribution in [2.45, 2.75) is 24.6 Å². The molecule has 7 heteroatoms. The first-order valence-corrected chi connectivity index (χ1v) is 10.6. The van der Waals surface area contributed by atoms with E-state index in [0.29, 0.717) is 26.2 Å². The van der Waals surface area contributed by atoms with Gasteiger partial charge in [0.25, 0.3) is 5.91 Å². The molecule has 0 N–H and O–H groups in total. The van der Waals surface area contributed by atoms with E-state index in [0.717, 1.165) is 24.2 Å². The van der Waals surface area contributed by atoms with Crippen molar-refractivity contribution >= 4 is 5.91 Å². The number of hydrogen-bond acceptors (Lipinski definition) is 6. The molecule has 2 saturated heterocycles. The highest BCUT2D eigenvalue weighted by atomic mass is 16.5. The minimum Gasteiger partial charge on any atom is -0.361 e. The van der Waals surface area contributed by atoms with E-state index < -0.39 is 5.60 Å². The van der Waals surface area contributed by atoms with E-state index in [1.807, 2.05) is 47.5 Å². The van der Waals surface area contributed by atoms with Crippen LogP contribution in [0.25, 0.3) is 0 Å². The molecule has 7 nitrogen and oxygen atoms in total. The molecular weight excluding hydrogens is 390 g/mol. The zero-order chi connectivity index (χ0) is 21.1. The second-order valence-corrected chi connectivity index (χ2v) is 8.18. The quantitative estimate of drug-likeness (QED) is 0.637. The molecule has 3 aromatic rings. The maximum atomic E-state index is 13.9. The lowest BCUT2D eigenvalue weighted by atomic mass is 9.83. The summed E-state index contributed by atoms with van der Waals surface area (Å²) in [6.45, 7) is 3.73. The van der Waals surface area contributed by atoms with Crippen LogP contribution in [0.1, 0.15) is 22.6 Å². The Balaban J connectivity index is 1.45. The van der Waals surface area contributed by atoms with E-state index in [4.69, 9.17) is 4.74 Å². The Kier molecular flexibility index (Phi) is 5.44. The predicted octanol–water partition coefficient (Wildman–Crippen LogP) is 2.27. The van der Waals surface area contributed by atoms with Gasteiger partial charge in [-0.3, -0.25) is 24.6 Å². The first-order chi connectivity index (χ1) is 15.2. The van der Waals surface area contributed by atoms with Crippen molar-refractivity contribution in [1.29, 1.82) is 0 Å². The van der Waals surface area contributed by atoms with Crippen LogP contribution in [0.4, 0.5) is 0 Å². The number of likely N-dealkylation sites (tertiary alicyclic amines) is 1. The number of carbonyl (C=O) groups excluding carboxylic acids is 1. The third kappa shape index (κ3) is 3.94. The number of ether oxygens (including phenoxy) is 1. The van der Waals surface area contributed by atoms with Gasteiger partial charge >= 0.3 is 0 Å². The van der Waals surface area contributed by atoms with Crippen LogP contribution in [0.2, 0.25) is 0 Å². The number of hydrogen-bond donors (Lipinski definition) is 0. The SMILES string of the molecule is O=C1N(Cc2ccncc2)CCO[C@@]12CN(Cc1ccncc1)C[C@H]2c1cccnc1. The fourth-order valence-corrected chi connectivity index (χ4v) is 4.73. The van der Waals surface area contributed by atoms with Crippen LogP contribution in [0.3, 0.4) is 0 Å². The van der Waals surface area contributed by atoms with Gasteiger partial charge < -0.3 is 9.64 Å². The molecule has 1 amide bonds. The average Bonchev–Trinajstić information content (AvgIpc) is 3.17. The molecule has 0 saturated carbocycles. The Morgan fingerprint density at radius 1 is 0.935 bits per heavy atom. The zero-order valence-corrected chi connectivity index (χ0v) is 17.3. The van der Waals surface area contributed by atoms with E-state index in [2.05, 4.69) is 19.9 Å². The fraction of sp³-hybridized carbons (Fsp3) is 0.333. The molecule has 2 aliphatic heterocycles. The lowest BCUT2D eigenvalue weighted by Gasteiger charge is -2.42. The number of pyridine rings is 3. The van der Waals surface area contributed by atoms with Crippen molar-refractivity contribution in [3.63, 3.8) is 0 Å². The molecule has 0 radical (unpaired) electrons. The van der Waals surface area contributed by atoms with E-state index in [1.54, 1.807) is 31.0 Å². The van der Waals surface area contributed by atoms with Crippen LogP contribution in [-0.2, 0) is 22.6 Å². The molecule has 0 bridgehead atoms. The first kappa shape index (κ1) is 19.8. The fourth-order valence-electron chi connectivity index (χ4n) is 4.73. The summed E-state index contributed by atoms with van der Waals surface area (Å²) in [5.74, 6) is -0.0163. The topological polar surface area (TPSA) is 71.5 Å². The Bertz CT molecular complexity index is 1020. The molecule has 31 heavy (non-hydrogen) atoms. The van der Waals surface area contributed by atoms with Crippen molar-refractivity contribution in [1.82, 2.24) is 24.8 Å². The van der Waals surface area contributed by atoms with Crippen molar-refractivity contribution in [2.75, 3.05) is 26.2 Å². The summed E-state index contributed by atoms with van der Waals surface area (Å²) in [4.78, 5) is 30.6. The molecular formula is C24H25N5O2. The molecule has 1 spiro atoms. The third-order valence-corrected chi connectivity index (χ3v) is 6.20. The van der Waals surface area contributed by atoms with Crippen molar-refractivity contribution in [3.05, 3.63) is 90.3 Å². The number of aromatic nitrogens is 3. The molecule has 5 rings (SSSR count). The van der Waals surface area contributed by atoms with Gasteiger partial charge in [-0.25, -0.2) is 0 Å². The van der Waals surface area contributed by atoms with E-state index >= 15 is 0 Å². The second-order valence-electron chi connectivity index (χ2n) is 8.18. The van der Waals surface area contributed by atoms with Crippen molar-refractivity contribution in [3.8, 4) is 0 Å². The number of carbonyl (C=O) groups is 1. The van der Waals surface area contributed by atoms with Gasteiger partial charge in [-0.05, 0) is 47.0 Å².